The van der Waals surface area contributed by atoms with Gasteiger partial charge in [0.25, 0.3) is 5.91 Å². The van der Waals surface area contributed by atoms with Gasteiger partial charge in [-0.05, 0) is 67.1 Å². The van der Waals surface area contributed by atoms with E-state index in [1.807, 2.05) is 91.9 Å². The Hall–Kier alpha value is -4.43. The van der Waals surface area contributed by atoms with Crippen LogP contribution in [0.2, 0.25) is 0 Å². The van der Waals surface area contributed by atoms with Crippen molar-refractivity contribution in [3.05, 3.63) is 109 Å². The number of aromatic nitrogens is 3. The summed E-state index contributed by atoms with van der Waals surface area (Å²) in [5, 5.41) is 7.28. The highest BCUT2D eigenvalue weighted by Gasteiger charge is 2.15. The molecule has 0 saturated heterocycles. The van der Waals surface area contributed by atoms with Gasteiger partial charge < -0.3 is 16.4 Å². The maximum Gasteiger partial charge on any atom is 0.251 e. The number of nitrogens with two attached hydrogens (primary N) is 1. The number of carbonyl (C=O) groups excluding carboxylic acids is 1. The van der Waals surface area contributed by atoms with Gasteiger partial charge in [0, 0.05) is 27.2 Å². The van der Waals surface area contributed by atoms with Gasteiger partial charge in [-0.3, -0.25) is 4.79 Å². The van der Waals surface area contributed by atoms with Gasteiger partial charge in [0.1, 0.15) is 12.1 Å². The van der Waals surface area contributed by atoms with Crippen molar-refractivity contribution in [2.24, 2.45) is 0 Å². The van der Waals surface area contributed by atoms with E-state index in [1.54, 1.807) is 18.0 Å². The molecule has 0 spiro atoms. The van der Waals surface area contributed by atoms with Crippen LogP contribution in [0.3, 0.4) is 0 Å². The largest absolute Gasteiger partial charge is 0.399 e. The van der Waals surface area contributed by atoms with E-state index in [4.69, 9.17) is 5.73 Å². The van der Waals surface area contributed by atoms with Crippen LogP contribution in [0, 0.1) is 0 Å². The predicted octanol–water partition coefficient (Wildman–Crippen LogP) is 5.99. The van der Waals surface area contributed by atoms with Crippen LogP contribution in [0.15, 0.2) is 107 Å². The summed E-state index contributed by atoms with van der Waals surface area (Å²) in [5.74, 6) is 0.454. The molecule has 36 heavy (non-hydrogen) atoms. The Morgan fingerprint density at radius 1 is 0.917 bits per heavy atom. The Morgan fingerprint density at radius 2 is 1.72 bits per heavy atom. The van der Waals surface area contributed by atoms with Gasteiger partial charge in [0.2, 0.25) is 0 Å². The Kier molecular flexibility index (Phi) is 6.77. The first-order valence-corrected chi connectivity index (χ1v) is 12.2. The maximum atomic E-state index is 13.2. The lowest BCUT2D eigenvalue weighted by atomic mass is 10.1. The zero-order valence-corrected chi connectivity index (χ0v) is 20.4. The molecule has 4 N–H and O–H groups in total. The third kappa shape index (κ3) is 5.29. The van der Waals surface area contributed by atoms with Crippen molar-refractivity contribution in [2.75, 3.05) is 11.1 Å². The number of amides is 1. The maximum absolute atomic E-state index is 13.2. The van der Waals surface area contributed by atoms with Crippen LogP contribution in [0.4, 0.5) is 17.2 Å². The minimum Gasteiger partial charge on any atom is -0.399 e. The Bertz CT molecular complexity index is 1500. The van der Waals surface area contributed by atoms with E-state index in [1.165, 1.54) is 6.33 Å². The summed E-state index contributed by atoms with van der Waals surface area (Å²) in [6.45, 7) is 1.97. The van der Waals surface area contributed by atoms with Crippen LogP contribution in [0.1, 0.15) is 28.9 Å². The van der Waals surface area contributed by atoms with Crippen molar-refractivity contribution in [3.63, 3.8) is 0 Å². The van der Waals surface area contributed by atoms with Crippen LogP contribution < -0.4 is 16.4 Å². The average Bonchev–Trinajstić information content (AvgIpc) is 2.91. The molecule has 0 unspecified atom stereocenters. The Balaban J connectivity index is 1.48. The molecule has 0 aliphatic heterocycles. The fourth-order valence-electron chi connectivity index (χ4n) is 3.75. The van der Waals surface area contributed by atoms with Crippen molar-refractivity contribution in [1.29, 1.82) is 0 Å². The summed E-state index contributed by atoms with van der Waals surface area (Å²) in [6, 6.07) is 26.8. The minimum atomic E-state index is -0.160. The summed E-state index contributed by atoms with van der Waals surface area (Å²) in [7, 11) is 0. The Labute approximate surface area is 213 Å². The standard InChI is InChI=1S/C28H24N6OS/c1-18(19-6-3-2-4-7-19)33-28(35)20-9-14-25(36-22-12-10-21(29)11-13-22)24(16-20)34-27-23-8-5-15-30-26(23)31-17-32-27/h2-18H,29H2,1H3,(H,33,35)(H,30,31,32,34)/t18-/m0/s1. The molecule has 8 heteroatoms. The highest BCUT2D eigenvalue weighted by atomic mass is 32.2. The molecule has 2 aromatic heterocycles. The van der Waals surface area contributed by atoms with Crippen LogP contribution in [0.5, 0.6) is 0 Å². The first kappa shape index (κ1) is 23.3. The van der Waals surface area contributed by atoms with Crippen LogP contribution in [0.25, 0.3) is 11.0 Å². The number of nitrogen functional groups attached to an aromatic ring is 1. The average molecular weight is 493 g/mol. The van der Waals surface area contributed by atoms with Gasteiger partial charge >= 0.3 is 0 Å². The number of carbonyl (C=O) groups is 1. The minimum absolute atomic E-state index is 0.129. The molecule has 5 rings (SSSR count). The van der Waals surface area contributed by atoms with Crippen molar-refractivity contribution >= 4 is 45.9 Å². The normalized spacial score (nSPS) is 11.7. The van der Waals surface area contributed by atoms with Crippen molar-refractivity contribution in [2.45, 2.75) is 22.8 Å². The number of hydrogen-bond acceptors (Lipinski definition) is 7. The third-order valence-corrected chi connectivity index (χ3v) is 6.74. The number of nitrogens with zero attached hydrogens (tertiary/aromatic N) is 3. The molecule has 3 aromatic carbocycles. The molecule has 1 atom stereocenters. The van der Waals surface area contributed by atoms with Gasteiger partial charge in [-0.2, -0.15) is 0 Å². The second kappa shape index (κ2) is 10.5. The van der Waals surface area contributed by atoms with E-state index in [9.17, 15) is 4.79 Å². The van der Waals surface area contributed by atoms with E-state index in [2.05, 4.69) is 25.6 Å². The summed E-state index contributed by atoms with van der Waals surface area (Å²) in [6.07, 6.45) is 3.17. The van der Waals surface area contributed by atoms with Crippen LogP contribution >= 0.6 is 11.8 Å². The quantitative estimate of drug-likeness (QED) is 0.240. The van der Waals surface area contributed by atoms with E-state index in [-0.39, 0.29) is 11.9 Å². The number of hydrogen-bond donors (Lipinski definition) is 3. The van der Waals surface area contributed by atoms with E-state index in [0.29, 0.717) is 22.7 Å². The van der Waals surface area contributed by atoms with Gasteiger partial charge in [-0.25, -0.2) is 15.0 Å². The molecule has 7 nitrogen and oxygen atoms in total. The fourth-order valence-corrected chi connectivity index (χ4v) is 4.63. The highest BCUT2D eigenvalue weighted by molar-refractivity contribution is 7.99. The third-order valence-electron chi connectivity index (χ3n) is 5.66. The lowest BCUT2D eigenvalue weighted by molar-refractivity contribution is 0.0940. The van der Waals surface area contributed by atoms with E-state index in [0.717, 1.165) is 26.4 Å². The highest BCUT2D eigenvalue weighted by Crippen LogP contribution is 2.36. The predicted molar refractivity (Wildman–Crippen MR) is 144 cm³/mol. The van der Waals surface area contributed by atoms with Crippen LogP contribution in [-0.4, -0.2) is 20.9 Å². The molecule has 0 aliphatic rings. The monoisotopic (exact) mass is 492 g/mol. The van der Waals surface area contributed by atoms with Crippen molar-refractivity contribution in [1.82, 2.24) is 20.3 Å². The molecule has 0 aliphatic carbocycles. The molecule has 178 valence electrons. The number of rotatable bonds is 7. The fraction of sp³-hybridized carbons (Fsp3) is 0.0714. The lowest BCUT2D eigenvalue weighted by Gasteiger charge is -2.17. The number of fused-ring (bicyclic) bond motifs is 1. The molecular weight excluding hydrogens is 468 g/mol. The number of benzene rings is 3. The van der Waals surface area contributed by atoms with Gasteiger partial charge in [0.15, 0.2) is 5.65 Å². The van der Waals surface area contributed by atoms with Crippen molar-refractivity contribution < 1.29 is 4.79 Å². The zero-order chi connectivity index (χ0) is 24.9. The first-order chi connectivity index (χ1) is 17.6. The van der Waals surface area contributed by atoms with E-state index >= 15 is 0 Å². The van der Waals surface area contributed by atoms with Crippen LogP contribution in [-0.2, 0) is 0 Å². The van der Waals surface area contributed by atoms with Gasteiger partial charge in [0.05, 0.1) is 17.1 Å². The first-order valence-electron chi connectivity index (χ1n) is 11.4. The topological polar surface area (TPSA) is 106 Å². The number of pyridine rings is 1. The summed E-state index contributed by atoms with van der Waals surface area (Å²) in [5.41, 5.74) is 9.48. The molecule has 2 heterocycles. The molecule has 0 radical (unpaired) electrons. The molecule has 5 aromatic rings. The second-order valence-corrected chi connectivity index (χ2v) is 9.33. The summed E-state index contributed by atoms with van der Waals surface area (Å²) < 4.78 is 0. The van der Waals surface area contributed by atoms with Gasteiger partial charge in [-0.15, -0.1) is 0 Å². The summed E-state index contributed by atoms with van der Waals surface area (Å²) in [4.78, 5) is 28.1. The zero-order valence-electron chi connectivity index (χ0n) is 19.6. The molecule has 0 bridgehead atoms. The van der Waals surface area contributed by atoms with Gasteiger partial charge in [-0.1, -0.05) is 42.1 Å². The molecular formula is C28H24N6OS. The number of nitrogens with one attached hydrogen (secondary N) is 2. The second-order valence-electron chi connectivity index (χ2n) is 8.21. The summed E-state index contributed by atoms with van der Waals surface area (Å²) >= 11 is 1.57. The number of anilines is 3. The molecule has 0 fully saturated rings. The van der Waals surface area contributed by atoms with E-state index < -0.39 is 0 Å². The smallest absolute Gasteiger partial charge is 0.251 e. The Morgan fingerprint density at radius 3 is 2.53 bits per heavy atom. The van der Waals surface area contributed by atoms with Crippen molar-refractivity contribution in [3.8, 4) is 0 Å². The SMILES string of the molecule is C[C@H](NC(=O)c1ccc(Sc2ccc(N)cc2)c(Nc2ncnc3ncccc23)c1)c1ccccc1. The molecule has 0 saturated carbocycles. The lowest BCUT2D eigenvalue weighted by Crippen LogP contribution is -2.26. The molecule has 1 amide bonds.